The molecule has 6 heteroatoms. The predicted octanol–water partition coefficient (Wildman–Crippen LogP) is 3.32. The van der Waals surface area contributed by atoms with Crippen molar-refractivity contribution in [2.24, 2.45) is 5.92 Å². The van der Waals surface area contributed by atoms with E-state index in [1.165, 1.54) is 13.8 Å². The second-order valence-corrected chi connectivity index (χ2v) is 8.14. The highest BCUT2D eigenvalue weighted by Gasteiger charge is 2.50. The van der Waals surface area contributed by atoms with Gasteiger partial charge >= 0.3 is 0 Å². The zero-order valence-corrected chi connectivity index (χ0v) is 18.8. The molecule has 0 bridgehead atoms. The number of unbranched alkanes of at least 4 members (excludes halogenated alkanes) is 1. The molecule has 1 aliphatic heterocycles. The maximum atomic E-state index is 12.1. The molecule has 30 heavy (non-hydrogen) atoms. The van der Waals surface area contributed by atoms with Crippen LogP contribution in [0.1, 0.15) is 66.7 Å². The molecular weight excluding hydrogens is 384 g/mol. The lowest BCUT2D eigenvalue weighted by atomic mass is 9.97. The largest absolute Gasteiger partial charge is 0.456 e. The van der Waals surface area contributed by atoms with Crippen LogP contribution >= 0.6 is 0 Å². The summed E-state index contributed by atoms with van der Waals surface area (Å²) in [5.41, 5.74) is 1.22. The van der Waals surface area contributed by atoms with Gasteiger partial charge in [-0.25, -0.2) is 0 Å². The fourth-order valence-corrected chi connectivity index (χ4v) is 3.21. The first-order chi connectivity index (χ1) is 14.0. The van der Waals surface area contributed by atoms with Crippen molar-refractivity contribution in [3.63, 3.8) is 0 Å². The van der Waals surface area contributed by atoms with Crippen LogP contribution in [-0.4, -0.2) is 50.3 Å². The molecule has 0 saturated heterocycles. The summed E-state index contributed by atoms with van der Waals surface area (Å²) >= 11 is 0. The Hall–Kier alpha value is -1.73. The van der Waals surface area contributed by atoms with Gasteiger partial charge in [-0.15, -0.1) is 0 Å². The van der Waals surface area contributed by atoms with Crippen LogP contribution in [0.25, 0.3) is 0 Å². The molecule has 170 valence electrons. The van der Waals surface area contributed by atoms with Gasteiger partial charge in [0.25, 0.3) is 5.79 Å². The van der Waals surface area contributed by atoms with Crippen LogP contribution in [0.5, 0.6) is 0 Å². The summed E-state index contributed by atoms with van der Waals surface area (Å²) in [5, 5.41) is 40.2. The summed E-state index contributed by atoms with van der Waals surface area (Å²) in [6.45, 7) is 8.82. The second-order valence-electron chi connectivity index (χ2n) is 8.14. The number of allylic oxidation sites excluding steroid dienone is 4. The van der Waals surface area contributed by atoms with E-state index >= 15 is 0 Å². The number of Topliss-reactive ketones (excluding diaryl/α,β-unsaturated/α-hetero) is 1. The number of carbonyl (C=O) groups excluding carboxylic acids is 1. The van der Waals surface area contributed by atoms with Gasteiger partial charge in [-0.1, -0.05) is 50.6 Å². The lowest BCUT2D eigenvalue weighted by Gasteiger charge is -2.25. The Balaban J connectivity index is 2.44. The second kappa shape index (κ2) is 12.2. The van der Waals surface area contributed by atoms with Crippen molar-refractivity contribution in [1.29, 1.82) is 0 Å². The predicted molar refractivity (Wildman–Crippen MR) is 117 cm³/mol. The van der Waals surface area contributed by atoms with Gasteiger partial charge in [0.15, 0.2) is 0 Å². The minimum atomic E-state index is -2.25. The number of carbonyl (C=O) groups is 1. The third-order valence-electron chi connectivity index (χ3n) is 5.40. The Morgan fingerprint density at radius 1 is 1.17 bits per heavy atom. The maximum absolute atomic E-state index is 12.1. The van der Waals surface area contributed by atoms with E-state index in [1.807, 2.05) is 38.2 Å². The Morgan fingerprint density at radius 2 is 1.83 bits per heavy atom. The molecule has 1 rings (SSSR count). The van der Waals surface area contributed by atoms with E-state index in [0.717, 1.165) is 18.4 Å². The molecule has 2 unspecified atom stereocenters. The molecular formula is C24H38O6. The number of rotatable bonds is 12. The fourth-order valence-electron chi connectivity index (χ4n) is 3.21. The highest BCUT2D eigenvalue weighted by molar-refractivity contribution is 6.03. The molecule has 1 aliphatic rings. The summed E-state index contributed by atoms with van der Waals surface area (Å²) in [6, 6.07) is 0. The van der Waals surface area contributed by atoms with E-state index in [0.29, 0.717) is 12.8 Å². The normalized spacial score (nSPS) is 24.6. The number of ketones is 1. The molecule has 0 amide bonds. The fraction of sp³-hybridized carbons (Fsp3) is 0.625. The van der Waals surface area contributed by atoms with Crippen LogP contribution in [-0.2, 0) is 9.53 Å². The van der Waals surface area contributed by atoms with Crippen molar-refractivity contribution in [3.8, 4) is 0 Å². The Labute approximate surface area is 180 Å². The van der Waals surface area contributed by atoms with Gasteiger partial charge in [0.2, 0.25) is 5.78 Å². The summed E-state index contributed by atoms with van der Waals surface area (Å²) in [6.07, 6.45) is 10.3. The third-order valence-corrected chi connectivity index (χ3v) is 5.40. The quantitative estimate of drug-likeness (QED) is 0.284. The van der Waals surface area contributed by atoms with Crippen LogP contribution in [0.3, 0.4) is 0 Å². The number of hydrogen-bond donors (Lipinski definition) is 4. The topological polar surface area (TPSA) is 107 Å². The Bertz CT molecular complexity index is 688. The minimum absolute atomic E-state index is 0.00739. The van der Waals surface area contributed by atoms with E-state index in [4.69, 9.17) is 4.74 Å². The molecule has 0 aromatic carbocycles. The summed E-state index contributed by atoms with van der Waals surface area (Å²) in [4.78, 5) is 12.1. The highest BCUT2D eigenvalue weighted by Crippen LogP contribution is 2.34. The first-order valence-corrected chi connectivity index (χ1v) is 10.7. The van der Waals surface area contributed by atoms with Crippen molar-refractivity contribution in [2.75, 3.05) is 0 Å². The van der Waals surface area contributed by atoms with Gasteiger partial charge in [-0.05, 0) is 45.6 Å². The SMILES string of the molecule is CCC/C=C(\C)[C@H](O)[C@H](C)/C=C/C=C/CC[C@@H](O)CC1=C(C)C(=O)C(O)(C(C)O)O1. The van der Waals surface area contributed by atoms with Crippen LogP contribution in [0.15, 0.2) is 47.3 Å². The van der Waals surface area contributed by atoms with Crippen LogP contribution in [0, 0.1) is 5.92 Å². The standard InChI is InChI=1S/C24H38O6/c1-6-7-12-16(2)22(27)17(3)13-10-8-9-11-14-20(26)15-21-18(4)23(28)24(29,30-21)19(5)25/h8-10,12-13,17,19-20,22,25-27,29H,6-7,11,14-15H2,1-5H3/b9-8+,13-10+,16-12+/t17-,19?,20-,22+,24?/m1/s1. The summed E-state index contributed by atoms with van der Waals surface area (Å²) < 4.78 is 5.26. The van der Waals surface area contributed by atoms with Crippen molar-refractivity contribution < 1.29 is 30.0 Å². The first-order valence-electron chi connectivity index (χ1n) is 10.7. The van der Waals surface area contributed by atoms with Gasteiger partial charge in [-0.3, -0.25) is 4.79 Å². The monoisotopic (exact) mass is 422 g/mol. The zero-order valence-electron chi connectivity index (χ0n) is 18.8. The number of ether oxygens (including phenoxy) is 1. The summed E-state index contributed by atoms with van der Waals surface area (Å²) in [7, 11) is 0. The zero-order chi connectivity index (χ0) is 22.9. The average molecular weight is 423 g/mol. The molecule has 0 aromatic rings. The molecule has 1 heterocycles. The Kier molecular flexibility index (Phi) is 10.7. The van der Waals surface area contributed by atoms with Crippen LogP contribution in [0.4, 0.5) is 0 Å². The van der Waals surface area contributed by atoms with E-state index < -0.39 is 29.9 Å². The van der Waals surface area contributed by atoms with E-state index in [9.17, 15) is 25.2 Å². The Morgan fingerprint density at radius 3 is 2.40 bits per heavy atom. The molecule has 4 N–H and O–H groups in total. The lowest BCUT2D eigenvalue weighted by molar-refractivity contribution is -0.213. The number of aliphatic hydroxyl groups is 4. The molecule has 0 aliphatic carbocycles. The van der Waals surface area contributed by atoms with Crippen LogP contribution < -0.4 is 0 Å². The van der Waals surface area contributed by atoms with Crippen molar-refractivity contribution >= 4 is 5.78 Å². The first kappa shape index (κ1) is 26.3. The molecule has 5 atom stereocenters. The van der Waals surface area contributed by atoms with Gasteiger partial charge < -0.3 is 25.2 Å². The summed E-state index contributed by atoms with van der Waals surface area (Å²) in [5.74, 6) is -2.70. The van der Waals surface area contributed by atoms with Gasteiger partial charge in [0.05, 0.1) is 12.2 Å². The molecule has 0 fully saturated rings. The van der Waals surface area contributed by atoms with Crippen molar-refractivity contribution in [2.45, 2.75) is 90.8 Å². The van der Waals surface area contributed by atoms with Gasteiger partial charge in [0, 0.05) is 17.9 Å². The smallest absolute Gasteiger partial charge is 0.298 e. The van der Waals surface area contributed by atoms with Crippen molar-refractivity contribution in [3.05, 3.63) is 47.3 Å². The maximum Gasteiger partial charge on any atom is 0.298 e. The molecule has 6 nitrogen and oxygen atoms in total. The lowest BCUT2D eigenvalue weighted by Crippen LogP contribution is -2.47. The minimum Gasteiger partial charge on any atom is -0.456 e. The van der Waals surface area contributed by atoms with Gasteiger partial charge in [-0.2, -0.15) is 0 Å². The van der Waals surface area contributed by atoms with Crippen LogP contribution in [0.2, 0.25) is 0 Å². The number of hydrogen-bond acceptors (Lipinski definition) is 6. The highest BCUT2D eigenvalue weighted by atomic mass is 16.6. The number of aliphatic hydroxyl groups excluding tert-OH is 3. The average Bonchev–Trinajstić information content (AvgIpc) is 2.92. The van der Waals surface area contributed by atoms with Gasteiger partial charge in [0.1, 0.15) is 11.9 Å². The molecule has 0 saturated carbocycles. The molecule has 0 radical (unpaired) electrons. The third kappa shape index (κ3) is 7.20. The molecule has 0 spiro atoms. The van der Waals surface area contributed by atoms with E-state index in [1.54, 1.807) is 0 Å². The molecule has 0 aromatic heterocycles. The van der Waals surface area contributed by atoms with E-state index in [-0.39, 0.29) is 23.7 Å². The van der Waals surface area contributed by atoms with Crippen molar-refractivity contribution in [1.82, 2.24) is 0 Å². The van der Waals surface area contributed by atoms with E-state index in [2.05, 4.69) is 13.0 Å².